The van der Waals surface area contributed by atoms with Gasteiger partial charge in [0.2, 0.25) is 5.91 Å². The monoisotopic (exact) mass is 351 g/mol. The average Bonchev–Trinajstić information content (AvgIpc) is 2.65. The molecular formula is C20H21N3OS. The predicted molar refractivity (Wildman–Crippen MR) is 97.8 cm³/mol. The normalized spacial score (nSPS) is 22.6. The minimum atomic E-state index is -0.742. The zero-order chi connectivity index (χ0) is 17.9. The maximum absolute atomic E-state index is 12.9. The first-order chi connectivity index (χ1) is 12.1. The minimum Gasteiger partial charge on any atom is -0.308 e. The van der Waals surface area contributed by atoms with Gasteiger partial charge in [-0.05, 0) is 18.4 Å². The summed E-state index contributed by atoms with van der Waals surface area (Å²) in [5, 5.41) is 20.3. The fourth-order valence-corrected chi connectivity index (χ4v) is 5.18. The van der Waals surface area contributed by atoms with Gasteiger partial charge in [0.25, 0.3) is 0 Å². The predicted octanol–water partition coefficient (Wildman–Crippen LogP) is 4.22. The molecule has 1 saturated carbocycles. The van der Waals surface area contributed by atoms with Gasteiger partial charge in [0.05, 0.1) is 22.7 Å². The number of amides is 1. The summed E-state index contributed by atoms with van der Waals surface area (Å²) < 4.78 is 0. The van der Waals surface area contributed by atoms with Crippen LogP contribution in [0, 0.1) is 34.0 Å². The molecule has 0 radical (unpaired) electrons. The molecule has 1 unspecified atom stereocenters. The van der Waals surface area contributed by atoms with Gasteiger partial charge in [0, 0.05) is 18.2 Å². The lowest BCUT2D eigenvalue weighted by Crippen LogP contribution is -2.49. The Bertz CT molecular complexity index is 766. The van der Waals surface area contributed by atoms with Crippen LogP contribution >= 0.6 is 11.8 Å². The van der Waals surface area contributed by atoms with Gasteiger partial charge < -0.3 is 4.90 Å². The van der Waals surface area contributed by atoms with Gasteiger partial charge in [-0.2, -0.15) is 10.5 Å². The summed E-state index contributed by atoms with van der Waals surface area (Å²) in [7, 11) is 1.69. The first-order valence-corrected chi connectivity index (χ1v) is 9.61. The zero-order valence-electron chi connectivity index (χ0n) is 14.4. The highest BCUT2D eigenvalue weighted by molar-refractivity contribution is 8.02. The third kappa shape index (κ3) is 3.05. The number of nitrogens with zero attached hydrogens (tertiary/aromatic N) is 3. The molecule has 1 amide bonds. The number of allylic oxidation sites excluding steroid dienone is 1. The summed E-state index contributed by atoms with van der Waals surface area (Å²) in [6.45, 7) is 0. The highest BCUT2D eigenvalue weighted by atomic mass is 32.2. The Kier molecular flexibility index (Phi) is 5.16. The van der Waals surface area contributed by atoms with E-state index in [1.54, 1.807) is 7.05 Å². The molecule has 1 aromatic carbocycles. The molecule has 128 valence electrons. The third-order valence-corrected chi connectivity index (χ3v) is 6.58. The Morgan fingerprint density at radius 2 is 1.88 bits per heavy atom. The molecule has 0 aromatic heterocycles. The number of hydrogen-bond acceptors (Lipinski definition) is 4. The van der Waals surface area contributed by atoms with E-state index in [-0.39, 0.29) is 5.91 Å². The number of benzene rings is 1. The maximum Gasteiger partial charge on any atom is 0.245 e. The fraction of sp³-hybridized carbons (Fsp3) is 0.450. The molecule has 1 spiro atoms. The van der Waals surface area contributed by atoms with Crippen LogP contribution < -0.4 is 0 Å². The lowest BCUT2D eigenvalue weighted by Gasteiger charge is -2.45. The number of hydrogen-bond donors (Lipinski definition) is 0. The van der Waals surface area contributed by atoms with Crippen LogP contribution in [0.5, 0.6) is 0 Å². The summed E-state index contributed by atoms with van der Waals surface area (Å²) >= 11 is 1.53. The molecule has 1 fully saturated rings. The SMILES string of the molecule is CN1C(=O)C(C#N)C2(CCCCC2)C(C#N)=C1SCc1ccccc1. The van der Waals surface area contributed by atoms with Crippen molar-refractivity contribution in [2.24, 2.45) is 11.3 Å². The van der Waals surface area contributed by atoms with E-state index in [1.807, 2.05) is 30.3 Å². The van der Waals surface area contributed by atoms with Crippen molar-refractivity contribution in [1.82, 2.24) is 4.90 Å². The first-order valence-electron chi connectivity index (χ1n) is 8.63. The summed E-state index contributed by atoms with van der Waals surface area (Å²) in [4.78, 5) is 14.4. The second kappa shape index (κ2) is 7.33. The molecule has 1 aromatic rings. The van der Waals surface area contributed by atoms with E-state index in [9.17, 15) is 15.3 Å². The van der Waals surface area contributed by atoms with E-state index in [1.165, 1.54) is 16.7 Å². The lowest BCUT2D eigenvalue weighted by atomic mass is 9.61. The molecule has 0 saturated heterocycles. The highest BCUT2D eigenvalue weighted by Crippen LogP contribution is 2.54. The summed E-state index contributed by atoms with van der Waals surface area (Å²) in [6.07, 6.45) is 4.55. The fourth-order valence-electron chi connectivity index (χ4n) is 4.01. The van der Waals surface area contributed by atoms with Crippen LogP contribution in [-0.2, 0) is 10.5 Å². The molecule has 25 heavy (non-hydrogen) atoms. The summed E-state index contributed by atoms with van der Waals surface area (Å²) in [5.41, 5.74) is 1.20. The Morgan fingerprint density at radius 1 is 1.20 bits per heavy atom. The molecule has 1 heterocycles. The van der Waals surface area contributed by atoms with Crippen molar-refractivity contribution >= 4 is 17.7 Å². The molecule has 3 rings (SSSR count). The Labute approximate surface area is 153 Å². The number of carbonyl (C=O) groups is 1. The van der Waals surface area contributed by atoms with Gasteiger partial charge >= 0.3 is 0 Å². The van der Waals surface area contributed by atoms with Crippen LogP contribution in [0.15, 0.2) is 40.9 Å². The van der Waals surface area contributed by atoms with Crippen LogP contribution in [0.25, 0.3) is 0 Å². The smallest absolute Gasteiger partial charge is 0.245 e. The molecule has 4 nitrogen and oxygen atoms in total. The lowest BCUT2D eigenvalue weighted by molar-refractivity contribution is -0.135. The maximum atomic E-state index is 12.9. The standard InChI is InChI=1S/C20H21N3OS/c1-23-18(24)16(12-21)20(10-6-3-7-11-20)17(13-22)19(23)25-14-15-8-4-2-5-9-15/h2,4-5,8-9,16H,3,6-7,10-11,14H2,1H3. The van der Waals surface area contributed by atoms with Crippen molar-refractivity contribution in [3.05, 3.63) is 46.5 Å². The summed E-state index contributed by atoms with van der Waals surface area (Å²) in [5.74, 6) is -0.209. The minimum absolute atomic E-state index is 0.168. The first kappa shape index (κ1) is 17.6. The number of nitriles is 2. The van der Waals surface area contributed by atoms with Crippen LogP contribution in [-0.4, -0.2) is 17.9 Å². The molecule has 1 atom stereocenters. The van der Waals surface area contributed by atoms with Crippen LogP contribution in [0.2, 0.25) is 0 Å². The number of thioether (sulfide) groups is 1. The molecule has 2 aliphatic rings. The van der Waals surface area contributed by atoms with Crippen molar-refractivity contribution in [3.8, 4) is 12.1 Å². The Hall–Kier alpha value is -2.24. The highest BCUT2D eigenvalue weighted by Gasteiger charge is 2.53. The van der Waals surface area contributed by atoms with Crippen molar-refractivity contribution < 1.29 is 4.79 Å². The molecule has 0 N–H and O–H groups in total. The van der Waals surface area contributed by atoms with E-state index < -0.39 is 11.3 Å². The van der Waals surface area contributed by atoms with E-state index in [0.717, 1.165) is 42.7 Å². The van der Waals surface area contributed by atoms with Crippen LogP contribution in [0.1, 0.15) is 37.7 Å². The largest absolute Gasteiger partial charge is 0.308 e. The molecule has 5 heteroatoms. The second-order valence-electron chi connectivity index (χ2n) is 6.74. The Balaban J connectivity index is 2.01. The van der Waals surface area contributed by atoms with E-state index in [4.69, 9.17) is 0 Å². The van der Waals surface area contributed by atoms with Gasteiger partial charge in [-0.15, -0.1) is 11.8 Å². The van der Waals surface area contributed by atoms with E-state index in [2.05, 4.69) is 12.1 Å². The summed E-state index contributed by atoms with van der Waals surface area (Å²) in [6, 6.07) is 14.6. The Morgan fingerprint density at radius 3 is 2.48 bits per heavy atom. The quantitative estimate of drug-likeness (QED) is 0.818. The molecular weight excluding hydrogens is 330 g/mol. The van der Waals surface area contributed by atoms with Crippen molar-refractivity contribution in [2.45, 2.75) is 37.9 Å². The van der Waals surface area contributed by atoms with Gasteiger partial charge in [-0.3, -0.25) is 4.79 Å². The van der Waals surface area contributed by atoms with Crippen LogP contribution in [0.4, 0.5) is 0 Å². The van der Waals surface area contributed by atoms with Crippen molar-refractivity contribution in [2.75, 3.05) is 7.05 Å². The molecule has 0 bridgehead atoms. The van der Waals surface area contributed by atoms with Gasteiger partial charge in [0.1, 0.15) is 5.92 Å². The van der Waals surface area contributed by atoms with Crippen molar-refractivity contribution in [1.29, 1.82) is 10.5 Å². The van der Waals surface area contributed by atoms with Gasteiger partial charge in [0.15, 0.2) is 0 Å². The van der Waals surface area contributed by atoms with Gasteiger partial charge in [-0.1, -0.05) is 49.6 Å². The van der Waals surface area contributed by atoms with Crippen LogP contribution in [0.3, 0.4) is 0 Å². The number of carbonyl (C=O) groups excluding carboxylic acids is 1. The topological polar surface area (TPSA) is 67.9 Å². The van der Waals surface area contributed by atoms with E-state index >= 15 is 0 Å². The molecule has 1 aliphatic carbocycles. The average molecular weight is 351 g/mol. The number of rotatable bonds is 3. The molecule has 1 aliphatic heterocycles. The van der Waals surface area contributed by atoms with Crippen molar-refractivity contribution in [3.63, 3.8) is 0 Å². The third-order valence-electron chi connectivity index (χ3n) is 5.35. The zero-order valence-corrected chi connectivity index (χ0v) is 15.2. The second-order valence-corrected chi connectivity index (χ2v) is 7.71. The van der Waals surface area contributed by atoms with Gasteiger partial charge in [-0.25, -0.2) is 0 Å². The van der Waals surface area contributed by atoms with E-state index in [0.29, 0.717) is 11.3 Å².